The summed E-state index contributed by atoms with van der Waals surface area (Å²) in [6, 6.07) is 17.7. The fraction of sp³-hybridized carbons (Fsp3) is 0.429. The number of rotatable bonds is 28. The second-order valence-corrected chi connectivity index (χ2v) is 28.2. The molecule has 6 aromatic rings. The fourth-order valence-corrected chi connectivity index (χ4v) is 13.5. The lowest BCUT2D eigenvalue weighted by atomic mass is 10.1. The van der Waals surface area contributed by atoms with Crippen molar-refractivity contribution >= 4 is 62.2 Å². The van der Waals surface area contributed by atoms with E-state index < -0.39 is 40.1 Å². The second-order valence-electron chi connectivity index (χ2n) is 21.1. The van der Waals surface area contributed by atoms with Gasteiger partial charge in [0.15, 0.2) is 29.1 Å². The molecule has 6 N–H and O–H groups in total. The number of nitrogens with zero attached hydrogens (tertiary/aromatic N) is 6. The maximum absolute atomic E-state index is 13.9. The van der Waals surface area contributed by atoms with Crippen molar-refractivity contribution in [3.8, 4) is 68.3 Å². The summed E-state index contributed by atoms with van der Waals surface area (Å²) in [6.45, 7) is 16.9. The molecule has 0 atom stereocenters. The quantitative estimate of drug-likeness (QED) is 0.0265. The molecule has 0 saturated heterocycles. The number of hydrogen-bond donors (Lipinski definition) is 6. The minimum Gasteiger partial charge on any atom is -0.379 e. The van der Waals surface area contributed by atoms with Gasteiger partial charge in [-0.15, -0.1) is 0 Å². The summed E-state index contributed by atoms with van der Waals surface area (Å²) >= 11 is 0. The first kappa shape index (κ1) is 62.3. The van der Waals surface area contributed by atoms with Crippen molar-refractivity contribution in [2.45, 2.75) is 125 Å². The summed E-state index contributed by atoms with van der Waals surface area (Å²) < 4.78 is 144. The number of nitrogens with one attached hydrogen (secondary N) is 6. The van der Waals surface area contributed by atoms with Gasteiger partial charge in [0.1, 0.15) is 17.1 Å². The van der Waals surface area contributed by atoms with Crippen molar-refractivity contribution in [1.29, 1.82) is 0 Å². The molecule has 2 aromatic heterocycles. The number of hydrogen-bond acceptors (Lipinski definition) is 18. The summed E-state index contributed by atoms with van der Waals surface area (Å²) in [7, 11) is -16.4. The molecule has 0 unspecified atom stereocenters. The van der Waals surface area contributed by atoms with Crippen LogP contribution in [0.5, 0.6) is 0 Å². The van der Waals surface area contributed by atoms with Crippen molar-refractivity contribution in [3.05, 3.63) is 72.8 Å². The monoisotopic (exact) mass is 1230 g/mol. The van der Waals surface area contributed by atoms with Crippen molar-refractivity contribution < 1.29 is 52.6 Å². The summed E-state index contributed by atoms with van der Waals surface area (Å²) in [6.07, 6.45) is 1.55. The molecular weight excluding hydrogens is 1160 g/mol. The van der Waals surface area contributed by atoms with Crippen molar-refractivity contribution in [2.24, 2.45) is 0 Å². The van der Waals surface area contributed by atoms with E-state index in [1.54, 1.807) is 24.3 Å². The van der Waals surface area contributed by atoms with Crippen LogP contribution < -0.4 is 18.9 Å². The van der Waals surface area contributed by atoms with E-state index in [9.17, 15) is 33.7 Å². The van der Waals surface area contributed by atoms with Crippen LogP contribution in [0, 0.1) is 0 Å². The van der Waals surface area contributed by atoms with Crippen LogP contribution in [0.1, 0.15) is 81.1 Å². The zero-order valence-electron chi connectivity index (χ0n) is 47.9. The first-order chi connectivity index (χ1) is 39.9. The molecule has 3 aliphatic heterocycles. The number of ether oxygens (including phenoxy) is 4. The molecule has 4 aromatic carbocycles. The van der Waals surface area contributed by atoms with Crippen molar-refractivity contribution in [3.63, 3.8) is 0 Å². The van der Waals surface area contributed by atoms with Crippen molar-refractivity contribution in [2.75, 3.05) is 52.6 Å². The molecule has 28 heteroatoms. The van der Waals surface area contributed by atoms with Gasteiger partial charge in [0.25, 0.3) is 0 Å². The number of fused-ring (bicyclic) bond motifs is 20. The topological polar surface area (TPSA) is 331 Å². The van der Waals surface area contributed by atoms with Gasteiger partial charge < -0.3 is 28.9 Å². The van der Waals surface area contributed by atoms with Crippen LogP contribution in [0.25, 0.3) is 90.4 Å². The van der Waals surface area contributed by atoms with Crippen LogP contribution in [0.15, 0.2) is 92.4 Å². The van der Waals surface area contributed by atoms with E-state index >= 15 is 0 Å². The molecule has 84 heavy (non-hydrogen) atoms. The van der Waals surface area contributed by atoms with Crippen LogP contribution >= 0.6 is 0 Å². The highest BCUT2D eigenvalue weighted by molar-refractivity contribution is 7.90. The van der Waals surface area contributed by atoms with Gasteiger partial charge in [-0.2, -0.15) is 0 Å². The number of H-pyrrole nitrogens is 2. The molecule has 0 amide bonds. The Kier molecular flexibility index (Phi) is 19.4. The first-order valence-electron chi connectivity index (χ1n) is 27.7. The van der Waals surface area contributed by atoms with Gasteiger partial charge in [-0.1, -0.05) is 0 Å². The average Bonchev–Trinajstić information content (AvgIpc) is 4.40. The van der Waals surface area contributed by atoms with E-state index in [1.165, 1.54) is 48.5 Å². The Bertz CT molecular complexity index is 4120. The predicted octanol–water partition coefficient (Wildman–Crippen LogP) is 7.15. The molecule has 0 fully saturated rings. The van der Waals surface area contributed by atoms with Crippen LogP contribution in [0.4, 0.5) is 0 Å². The number of aromatic nitrogens is 8. The first-order valence-corrected chi connectivity index (χ1v) is 33.7. The van der Waals surface area contributed by atoms with Gasteiger partial charge in [0.05, 0.1) is 44.0 Å². The maximum atomic E-state index is 13.9. The molecule has 0 aliphatic carbocycles. The van der Waals surface area contributed by atoms with Gasteiger partial charge in [0, 0.05) is 96.8 Å². The minimum absolute atomic E-state index is 0.0126. The summed E-state index contributed by atoms with van der Waals surface area (Å²) in [4.78, 5) is 35.9. The molecule has 9 rings (SSSR count). The highest BCUT2D eigenvalue weighted by atomic mass is 32.2. The van der Waals surface area contributed by atoms with Crippen LogP contribution in [0.2, 0.25) is 0 Å². The summed E-state index contributed by atoms with van der Waals surface area (Å²) in [5, 5.41) is 0.756. The van der Waals surface area contributed by atoms with Crippen molar-refractivity contribution in [1.82, 2.24) is 58.8 Å². The summed E-state index contributed by atoms with van der Waals surface area (Å²) in [5.74, 6) is 0.242. The average molecular weight is 1230 g/mol. The highest BCUT2D eigenvalue weighted by Gasteiger charge is 2.30. The molecular formula is C56H70N12O12S4. The lowest BCUT2D eigenvalue weighted by Crippen LogP contribution is -2.26. The van der Waals surface area contributed by atoms with Gasteiger partial charge in [-0.05, 0) is 154 Å². The molecule has 0 spiro atoms. The van der Waals surface area contributed by atoms with E-state index in [1.807, 2.05) is 55.4 Å². The molecule has 0 saturated carbocycles. The minimum atomic E-state index is -4.12. The van der Waals surface area contributed by atoms with Gasteiger partial charge in [-0.25, -0.2) is 82.5 Å². The lowest BCUT2D eigenvalue weighted by molar-refractivity contribution is 0.0775. The molecule has 24 nitrogen and oxygen atoms in total. The predicted molar refractivity (Wildman–Crippen MR) is 318 cm³/mol. The molecule has 450 valence electrons. The normalized spacial score (nSPS) is 13.1. The van der Waals surface area contributed by atoms with E-state index in [0.717, 1.165) is 0 Å². The Morgan fingerprint density at radius 1 is 0.369 bits per heavy atom. The zero-order chi connectivity index (χ0) is 60.1. The molecule has 8 bridgehead atoms. The van der Waals surface area contributed by atoms with E-state index in [4.69, 9.17) is 48.9 Å². The molecule has 3 aliphatic rings. The van der Waals surface area contributed by atoms with E-state index in [2.05, 4.69) is 28.9 Å². The Morgan fingerprint density at radius 3 is 1.08 bits per heavy atom. The van der Waals surface area contributed by atoms with Gasteiger partial charge in [-0.3, -0.25) is 0 Å². The largest absolute Gasteiger partial charge is 0.379 e. The lowest BCUT2D eigenvalue weighted by Gasteiger charge is -2.10. The molecule has 0 radical (unpaired) electrons. The third kappa shape index (κ3) is 14.7. The van der Waals surface area contributed by atoms with Crippen LogP contribution in [-0.4, -0.2) is 151 Å². The SMILES string of the molecule is CC(C)OCCCNS(=O)(=O)c1ccc2c(c1)-c1nc3nc(nc4[nH]c([nH]c5nc(nc-2n1)-c1cc(S(=O)(=O)NCCCOC(C)C)ccc1-5)c1cc(S(=O)(=O)NCCCOC(C)C)ccc41)-c1cc(S(=O)(=O)NCCCOC(C)C)ccc1-3. The third-order valence-corrected chi connectivity index (χ3v) is 19.1. The Balaban J connectivity index is 1.26. The zero-order valence-corrected chi connectivity index (χ0v) is 51.2. The number of sulfonamides is 4. The highest BCUT2D eigenvalue weighted by Crippen LogP contribution is 2.41. The van der Waals surface area contributed by atoms with Gasteiger partial charge in [0.2, 0.25) is 40.1 Å². The standard InChI is InChI=1S/C56H70N12O12S4/c1-33(2)77-25-9-21-57-81(69,70)37-13-17-41-45(29-37)53-61-49(41)66-54-47-31-39(83(73,74)59-23-11-27-79-35(5)6)15-19-43(47)51(63-54)68-56-48-32-40(84(75,76)60-24-12-28-80-36(7)8)16-20-44(48)52(64-56)67-55-46-30-38(14-18-42(46)50(62-55)65-53)82(71,72)58-22-10-26-78-34(3)4/h13-20,29-36,57-60H,9-12,21-28H2,1-8H3,(H2,61,62,63,64,65,66,67,68). The number of benzene rings is 4. The molecule has 5 heterocycles. The summed E-state index contributed by atoms with van der Waals surface area (Å²) in [5.41, 5.74) is 2.26. The van der Waals surface area contributed by atoms with E-state index in [0.29, 0.717) is 79.6 Å². The second kappa shape index (κ2) is 26.1. The van der Waals surface area contributed by atoms with Crippen LogP contribution in [0.3, 0.4) is 0 Å². The Hall–Kier alpha value is -6.28. The third-order valence-electron chi connectivity index (χ3n) is 13.2. The Labute approximate surface area is 489 Å². The smallest absolute Gasteiger partial charge is 0.240 e. The van der Waals surface area contributed by atoms with E-state index in [-0.39, 0.29) is 133 Å². The fourth-order valence-electron chi connectivity index (χ4n) is 9.11. The van der Waals surface area contributed by atoms with Gasteiger partial charge >= 0.3 is 0 Å². The Morgan fingerprint density at radius 2 is 0.690 bits per heavy atom. The van der Waals surface area contributed by atoms with Crippen LogP contribution in [-0.2, 0) is 59.0 Å². The number of aromatic amines is 2. The maximum Gasteiger partial charge on any atom is 0.240 e.